The normalized spacial score (nSPS) is 10.8. The number of rotatable bonds is 2. The number of benzene rings is 1. The van der Waals surface area contributed by atoms with Gasteiger partial charge in [0.1, 0.15) is 0 Å². The summed E-state index contributed by atoms with van der Waals surface area (Å²) >= 11 is 3.48. The van der Waals surface area contributed by atoms with Crippen LogP contribution in [0.4, 0.5) is 0 Å². The third kappa shape index (κ3) is 1.41. The summed E-state index contributed by atoms with van der Waals surface area (Å²) in [7, 11) is 1.74. The highest BCUT2D eigenvalue weighted by atomic mass is 32.2. The molecule has 74 valence electrons. The molecule has 1 aromatic heterocycles. The van der Waals surface area contributed by atoms with E-state index in [0.29, 0.717) is 0 Å². The Morgan fingerprint density at radius 2 is 2.14 bits per heavy atom. The van der Waals surface area contributed by atoms with E-state index in [-0.39, 0.29) is 0 Å². The van der Waals surface area contributed by atoms with Crippen LogP contribution in [0.2, 0.25) is 0 Å². The molecule has 2 aromatic rings. The Hall–Kier alpha value is -0.670. The minimum Gasteiger partial charge on any atom is -0.486 e. The van der Waals surface area contributed by atoms with E-state index in [1.165, 1.54) is 20.5 Å². The Morgan fingerprint density at radius 3 is 2.79 bits per heavy atom. The average Bonchev–Trinajstić information content (AvgIpc) is 2.57. The maximum atomic E-state index is 5.37. The molecule has 1 aromatic carbocycles. The van der Waals surface area contributed by atoms with Crippen LogP contribution in [0, 0.1) is 6.92 Å². The van der Waals surface area contributed by atoms with Crippen LogP contribution >= 0.6 is 23.1 Å². The molecule has 14 heavy (non-hydrogen) atoms. The van der Waals surface area contributed by atoms with Crippen molar-refractivity contribution in [2.24, 2.45) is 0 Å². The molecule has 0 aliphatic carbocycles. The first-order valence-electron chi connectivity index (χ1n) is 4.38. The molecule has 1 heterocycles. The first-order valence-corrected chi connectivity index (χ1v) is 6.42. The standard InChI is InChI=1S/C11H12OS2/c1-7-5-4-6-8-9(7)14-11(12-2)10(8)13-3/h4-6H,1-3H3. The van der Waals surface area contributed by atoms with E-state index in [0.717, 1.165) is 5.06 Å². The maximum absolute atomic E-state index is 5.37. The third-order valence-electron chi connectivity index (χ3n) is 2.23. The Kier molecular flexibility index (Phi) is 2.70. The van der Waals surface area contributed by atoms with Gasteiger partial charge < -0.3 is 4.74 Å². The minimum absolute atomic E-state index is 1.03. The Labute approximate surface area is 92.1 Å². The Morgan fingerprint density at radius 1 is 1.36 bits per heavy atom. The lowest BCUT2D eigenvalue weighted by molar-refractivity contribution is 0.419. The molecular weight excluding hydrogens is 212 g/mol. The number of fused-ring (bicyclic) bond motifs is 1. The number of ether oxygens (including phenoxy) is 1. The molecule has 0 aliphatic rings. The quantitative estimate of drug-likeness (QED) is 0.715. The van der Waals surface area contributed by atoms with Gasteiger partial charge in [-0.3, -0.25) is 0 Å². The molecule has 0 saturated carbocycles. The van der Waals surface area contributed by atoms with E-state index in [1.54, 1.807) is 30.2 Å². The minimum atomic E-state index is 1.03. The van der Waals surface area contributed by atoms with Crippen LogP contribution in [0.3, 0.4) is 0 Å². The number of thioether (sulfide) groups is 1. The summed E-state index contributed by atoms with van der Waals surface area (Å²) in [5.41, 5.74) is 1.33. The Balaban J connectivity index is 2.79. The Bertz CT molecular complexity index is 460. The molecule has 0 bridgehead atoms. The van der Waals surface area contributed by atoms with Crippen molar-refractivity contribution in [1.82, 2.24) is 0 Å². The van der Waals surface area contributed by atoms with Crippen molar-refractivity contribution in [3.05, 3.63) is 23.8 Å². The maximum Gasteiger partial charge on any atom is 0.188 e. The second kappa shape index (κ2) is 3.83. The summed E-state index contributed by atoms with van der Waals surface area (Å²) < 4.78 is 6.72. The summed E-state index contributed by atoms with van der Waals surface area (Å²) in [5.74, 6) is 0. The lowest BCUT2D eigenvalue weighted by Gasteiger charge is -1.98. The molecule has 0 atom stereocenters. The third-order valence-corrected chi connectivity index (χ3v) is 4.47. The van der Waals surface area contributed by atoms with E-state index in [2.05, 4.69) is 31.4 Å². The SMILES string of the molecule is COc1sc2c(C)cccc2c1SC. The fourth-order valence-corrected chi connectivity index (χ4v) is 3.60. The molecule has 0 fully saturated rings. The van der Waals surface area contributed by atoms with Crippen molar-refractivity contribution in [1.29, 1.82) is 0 Å². The predicted molar refractivity (Wildman–Crippen MR) is 64.9 cm³/mol. The van der Waals surface area contributed by atoms with E-state index in [9.17, 15) is 0 Å². The van der Waals surface area contributed by atoms with Crippen LogP contribution < -0.4 is 4.74 Å². The van der Waals surface area contributed by atoms with Crippen LogP contribution in [0.15, 0.2) is 23.1 Å². The van der Waals surface area contributed by atoms with Gasteiger partial charge in [0, 0.05) is 10.1 Å². The van der Waals surface area contributed by atoms with Crippen LogP contribution in [0.25, 0.3) is 10.1 Å². The van der Waals surface area contributed by atoms with Crippen LogP contribution in [0.5, 0.6) is 5.06 Å². The number of thiophene rings is 1. The van der Waals surface area contributed by atoms with Gasteiger partial charge in [-0.2, -0.15) is 0 Å². The first-order chi connectivity index (χ1) is 6.77. The molecule has 0 aliphatic heterocycles. The fraction of sp³-hybridized carbons (Fsp3) is 0.273. The highest BCUT2D eigenvalue weighted by molar-refractivity contribution is 7.99. The van der Waals surface area contributed by atoms with Crippen LogP contribution in [-0.2, 0) is 0 Å². The highest BCUT2D eigenvalue weighted by Gasteiger charge is 2.12. The number of hydrogen-bond acceptors (Lipinski definition) is 3. The van der Waals surface area contributed by atoms with Gasteiger partial charge in [-0.05, 0) is 18.7 Å². The number of methoxy groups -OCH3 is 1. The molecule has 1 nitrogen and oxygen atoms in total. The zero-order valence-corrected chi connectivity index (χ0v) is 10.1. The van der Waals surface area contributed by atoms with Crippen molar-refractivity contribution in [3.8, 4) is 5.06 Å². The smallest absolute Gasteiger partial charge is 0.188 e. The van der Waals surface area contributed by atoms with Crippen molar-refractivity contribution in [2.45, 2.75) is 11.8 Å². The van der Waals surface area contributed by atoms with Gasteiger partial charge in [0.15, 0.2) is 5.06 Å². The van der Waals surface area contributed by atoms with Gasteiger partial charge >= 0.3 is 0 Å². The molecule has 0 spiro atoms. The molecule has 0 N–H and O–H groups in total. The molecule has 0 unspecified atom stereocenters. The molecule has 0 amide bonds. The molecular formula is C11H12OS2. The second-order valence-corrected chi connectivity index (χ2v) is 4.88. The van der Waals surface area contributed by atoms with Gasteiger partial charge in [0.2, 0.25) is 0 Å². The lowest BCUT2D eigenvalue weighted by atomic mass is 10.2. The van der Waals surface area contributed by atoms with Gasteiger partial charge in [0.05, 0.1) is 12.0 Å². The number of aryl methyl sites for hydroxylation is 1. The highest BCUT2D eigenvalue weighted by Crippen LogP contribution is 2.43. The van der Waals surface area contributed by atoms with Gasteiger partial charge in [0.25, 0.3) is 0 Å². The zero-order chi connectivity index (χ0) is 10.1. The summed E-state index contributed by atoms with van der Waals surface area (Å²) in [6, 6.07) is 6.40. The van der Waals surface area contributed by atoms with Gasteiger partial charge in [-0.25, -0.2) is 0 Å². The molecule has 0 saturated heterocycles. The zero-order valence-electron chi connectivity index (χ0n) is 8.46. The van der Waals surface area contributed by atoms with E-state index in [1.807, 2.05) is 0 Å². The molecule has 0 radical (unpaired) electrons. The van der Waals surface area contributed by atoms with E-state index >= 15 is 0 Å². The first kappa shape index (κ1) is 9.87. The summed E-state index contributed by atoms with van der Waals surface area (Å²) in [5, 5.41) is 2.35. The van der Waals surface area contributed by atoms with Crippen LogP contribution in [0.1, 0.15) is 5.56 Å². The summed E-state index contributed by atoms with van der Waals surface area (Å²) in [6.45, 7) is 2.14. The van der Waals surface area contributed by atoms with Crippen molar-refractivity contribution < 1.29 is 4.74 Å². The summed E-state index contributed by atoms with van der Waals surface area (Å²) in [4.78, 5) is 1.26. The van der Waals surface area contributed by atoms with Gasteiger partial charge in [-0.1, -0.05) is 29.5 Å². The van der Waals surface area contributed by atoms with E-state index < -0.39 is 0 Å². The average molecular weight is 224 g/mol. The topological polar surface area (TPSA) is 9.23 Å². The fourth-order valence-electron chi connectivity index (χ4n) is 1.54. The lowest BCUT2D eigenvalue weighted by Crippen LogP contribution is -1.78. The second-order valence-electron chi connectivity index (χ2n) is 3.08. The van der Waals surface area contributed by atoms with E-state index in [4.69, 9.17) is 4.74 Å². The molecule has 2 rings (SSSR count). The molecule has 3 heteroatoms. The predicted octanol–water partition coefficient (Wildman–Crippen LogP) is 3.94. The van der Waals surface area contributed by atoms with Crippen molar-refractivity contribution in [2.75, 3.05) is 13.4 Å². The summed E-state index contributed by atoms with van der Waals surface area (Å²) in [6.07, 6.45) is 2.09. The monoisotopic (exact) mass is 224 g/mol. The van der Waals surface area contributed by atoms with Crippen molar-refractivity contribution in [3.63, 3.8) is 0 Å². The van der Waals surface area contributed by atoms with Crippen molar-refractivity contribution >= 4 is 33.2 Å². The van der Waals surface area contributed by atoms with Crippen LogP contribution in [-0.4, -0.2) is 13.4 Å². The number of hydrogen-bond donors (Lipinski definition) is 0. The van der Waals surface area contributed by atoms with Gasteiger partial charge in [-0.15, -0.1) is 11.8 Å². The largest absolute Gasteiger partial charge is 0.486 e.